The molecule has 0 N–H and O–H groups in total. The van der Waals surface area contributed by atoms with Crippen LogP contribution in [-0.4, -0.2) is 19.5 Å². The fourth-order valence-corrected chi connectivity index (χ4v) is 1.73. The minimum atomic E-state index is 0.734. The summed E-state index contributed by atoms with van der Waals surface area (Å²) in [5, 5.41) is 0. The van der Waals surface area contributed by atoms with Crippen LogP contribution in [0.15, 0.2) is 23.1 Å². The van der Waals surface area contributed by atoms with E-state index in [4.69, 9.17) is 0 Å². The monoisotopic (exact) mass is 252 g/mol. The molecule has 2 rings (SSSR count). The lowest BCUT2D eigenvalue weighted by Gasteiger charge is -2.02. The molecular weight excluding hydrogens is 244 g/mol. The second-order valence-corrected chi connectivity index (χ2v) is 3.80. The van der Waals surface area contributed by atoms with Crippen LogP contribution in [0.5, 0.6) is 0 Å². The summed E-state index contributed by atoms with van der Waals surface area (Å²) in [6.07, 6.45) is 3.64. The molecule has 0 radical (unpaired) electrons. The summed E-state index contributed by atoms with van der Waals surface area (Å²) in [4.78, 5) is 12.7. The number of hydrogen-bond acceptors (Lipinski definition) is 3. The number of halogens is 1. The second kappa shape index (κ2) is 3.49. The van der Waals surface area contributed by atoms with E-state index in [0.29, 0.717) is 0 Å². The zero-order chi connectivity index (χ0) is 10.1. The van der Waals surface area contributed by atoms with Gasteiger partial charge >= 0.3 is 0 Å². The van der Waals surface area contributed by atoms with E-state index in [1.807, 2.05) is 30.8 Å². The third-order valence-corrected chi connectivity index (χ3v) is 2.26. The van der Waals surface area contributed by atoms with Crippen LogP contribution >= 0.6 is 15.9 Å². The quantitative estimate of drug-likeness (QED) is 0.729. The Kier molecular flexibility index (Phi) is 2.33. The molecule has 0 amide bonds. The van der Waals surface area contributed by atoms with Crippen LogP contribution in [0.3, 0.4) is 0 Å². The molecule has 0 fully saturated rings. The number of rotatable bonds is 1. The van der Waals surface area contributed by atoms with Crippen molar-refractivity contribution in [2.75, 3.05) is 0 Å². The van der Waals surface area contributed by atoms with Crippen molar-refractivity contribution in [3.63, 3.8) is 0 Å². The first-order chi connectivity index (χ1) is 6.66. The molecule has 0 aliphatic rings. The van der Waals surface area contributed by atoms with Gasteiger partial charge in [0.1, 0.15) is 16.1 Å². The van der Waals surface area contributed by atoms with Gasteiger partial charge in [0, 0.05) is 25.5 Å². The highest BCUT2D eigenvalue weighted by Crippen LogP contribution is 2.17. The average molecular weight is 253 g/mol. The Bertz CT molecular complexity index is 443. The maximum atomic E-state index is 4.31. The van der Waals surface area contributed by atoms with Gasteiger partial charge in [0.05, 0.1) is 0 Å². The number of aromatic nitrogens is 4. The van der Waals surface area contributed by atoms with E-state index in [1.165, 1.54) is 0 Å². The Morgan fingerprint density at radius 3 is 2.71 bits per heavy atom. The van der Waals surface area contributed by atoms with Crippen LogP contribution in [0.1, 0.15) is 5.82 Å². The largest absolute Gasteiger partial charge is 0.333 e. The van der Waals surface area contributed by atoms with Crippen molar-refractivity contribution in [2.24, 2.45) is 7.05 Å². The van der Waals surface area contributed by atoms with E-state index < -0.39 is 0 Å². The minimum Gasteiger partial charge on any atom is -0.333 e. The topological polar surface area (TPSA) is 43.6 Å². The molecular formula is C9H9BrN4. The maximum Gasteiger partial charge on any atom is 0.158 e. The van der Waals surface area contributed by atoms with Gasteiger partial charge in [0.2, 0.25) is 0 Å². The molecule has 5 heteroatoms. The van der Waals surface area contributed by atoms with Crippen molar-refractivity contribution in [3.05, 3.63) is 28.9 Å². The van der Waals surface area contributed by atoms with Gasteiger partial charge in [-0.2, -0.15) is 0 Å². The van der Waals surface area contributed by atoms with Gasteiger partial charge in [-0.3, -0.25) is 0 Å². The average Bonchev–Trinajstić information content (AvgIpc) is 2.49. The van der Waals surface area contributed by atoms with E-state index >= 15 is 0 Å². The standard InChI is InChI=1S/C9H9BrN4/c1-6-12-7(5-8(10)13-6)9-11-3-4-14(9)2/h3-5H,1-2H3. The molecule has 2 aromatic heterocycles. The van der Waals surface area contributed by atoms with Crippen LogP contribution in [0, 0.1) is 6.92 Å². The summed E-state index contributed by atoms with van der Waals surface area (Å²) >= 11 is 3.33. The molecule has 0 saturated heterocycles. The molecule has 0 spiro atoms. The van der Waals surface area contributed by atoms with Crippen molar-refractivity contribution in [1.82, 2.24) is 19.5 Å². The van der Waals surface area contributed by atoms with E-state index in [-0.39, 0.29) is 0 Å². The first-order valence-electron chi connectivity index (χ1n) is 4.15. The molecule has 4 nitrogen and oxygen atoms in total. The van der Waals surface area contributed by atoms with Crippen molar-refractivity contribution >= 4 is 15.9 Å². The highest BCUT2D eigenvalue weighted by Gasteiger charge is 2.06. The molecule has 0 aliphatic heterocycles. The summed E-state index contributed by atoms with van der Waals surface area (Å²) in [6, 6.07) is 1.86. The third kappa shape index (κ3) is 1.68. The smallest absolute Gasteiger partial charge is 0.158 e. The lowest BCUT2D eigenvalue weighted by atomic mass is 10.4. The van der Waals surface area contributed by atoms with Gasteiger partial charge in [-0.15, -0.1) is 0 Å². The highest BCUT2D eigenvalue weighted by molar-refractivity contribution is 9.10. The van der Waals surface area contributed by atoms with Crippen LogP contribution in [-0.2, 0) is 7.05 Å². The summed E-state index contributed by atoms with van der Waals surface area (Å²) in [5.74, 6) is 1.58. The lowest BCUT2D eigenvalue weighted by molar-refractivity contribution is 0.908. The van der Waals surface area contributed by atoms with Crippen LogP contribution < -0.4 is 0 Å². The first kappa shape index (κ1) is 9.33. The Hall–Kier alpha value is -1.23. The number of aryl methyl sites for hydroxylation is 2. The highest BCUT2D eigenvalue weighted by atomic mass is 79.9. The van der Waals surface area contributed by atoms with Gasteiger partial charge in [-0.1, -0.05) is 0 Å². The van der Waals surface area contributed by atoms with Gasteiger partial charge in [0.15, 0.2) is 5.82 Å². The van der Waals surface area contributed by atoms with E-state index in [1.54, 1.807) is 6.20 Å². The summed E-state index contributed by atoms with van der Waals surface area (Å²) < 4.78 is 2.71. The normalized spacial score (nSPS) is 10.5. The Morgan fingerprint density at radius 1 is 1.36 bits per heavy atom. The molecule has 0 aromatic carbocycles. The summed E-state index contributed by atoms with van der Waals surface area (Å²) in [7, 11) is 1.94. The number of hydrogen-bond donors (Lipinski definition) is 0. The summed E-state index contributed by atoms with van der Waals surface area (Å²) in [6.45, 7) is 1.86. The van der Waals surface area contributed by atoms with Gasteiger partial charge in [-0.05, 0) is 22.9 Å². The predicted molar refractivity (Wildman–Crippen MR) is 56.7 cm³/mol. The third-order valence-electron chi connectivity index (χ3n) is 1.86. The Balaban J connectivity index is 2.57. The fraction of sp³-hybridized carbons (Fsp3) is 0.222. The second-order valence-electron chi connectivity index (χ2n) is 2.98. The molecule has 2 aromatic rings. The molecule has 0 bridgehead atoms. The lowest BCUT2D eigenvalue weighted by Crippen LogP contribution is -1.97. The number of nitrogens with zero attached hydrogens (tertiary/aromatic N) is 4. The Morgan fingerprint density at radius 2 is 2.14 bits per heavy atom. The molecule has 0 unspecified atom stereocenters. The molecule has 2 heterocycles. The van der Waals surface area contributed by atoms with Crippen LogP contribution in [0.4, 0.5) is 0 Å². The van der Waals surface area contributed by atoms with Crippen molar-refractivity contribution in [3.8, 4) is 11.5 Å². The van der Waals surface area contributed by atoms with Crippen molar-refractivity contribution in [1.29, 1.82) is 0 Å². The van der Waals surface area contributed by atoms with Crippen LogP contribution in [0.2, 0.25) is 0 Å². The molecule has 14 heavy (non-hydrogen) atoms. The van der Waals surface area contributed by atoms with E-state index in [2.05, 4.69) is 30.9 Å². The zero-order valence-electron chi connectivity index (χ0n) is 7.90. The maximum absolute atomic E-state index is 4.31. The van der Waals surface area contributed by atoms with Crippen LogP contribution in [0.25, 0.3) is 11.5 Å². The zero-order valence-corrected chi connectivity index (χ0v) is 9.48. The summed E-state index contributed by atoms with van der Waals surface area (Å²) in [5.41, 5.74) is 0.830. The SMILES string of the molecule is Cc1nc(Br)cc(-c2nccn2C)n1. The van der Waals surface area contributed by atoms with Crippen molar-refractivity contribution < 1.29 is 0 Å². The van der Waals surface area contributed by atoms with E-state index in [0.717, 1.165) is 21.9 Å². The fourth-order valence-electron chi connectivity index (χ4n) is 1.26. The van der Waals surface area contributed by atoms with Crippen molar-refractivity contribution in [2.45, 2.75) is 6.92 Å². The first-order valence-corrected chi connectivity index (χ1v) is 4.95. The molecule has 0 aliphatic carbocycles. The minimum absolute atomic E-state index is 0.734. The molecule has 0 saturated carbocycles. The van der Waals surface area contributed by atoms with E-state index in [9.17, 15) is 0 Å². The Labute approximate surface area is 90.2 Å². The van der Waals surface area contributed by atoms with Gasteiger partial charge in [0.25, 0.3) is 0 Å². The van der Waals surface area contributed by atoms with Gasteiger partial charge in [-0.25, -0.2) is 15.0 Å². The predicted octanol–water partition coefficient (Wildman–Crippen LogP) is 1.95. The molecule has 72 valence electrons. The number of imidazole rings is 1. The van der Waals surface area contributed by atoms with Gasteiger partial charge < -0.3 is 4.57 Å². The molecule has 0 atom stereocenters.